The molecule has 2 fully saturated rings. The second-order valence-corrected chi connectivity index (χ2v) is 8.17. The lowest BCUT2D eigenvalue weighted by Crippen LogP contribution is -2.52. The topological polar surface area (TPSA) is 34.1 Å². The molecule has 22 heavy (non-hydrogen) atoms. The van der Waals surface area contributed by atoms with Gasteiger partial charge in [0.1, 0.15) is 11.6 Å². The quantitative estimate of drug-likeness (QED) is 0.673. The number of carbonyl (C=O) groups excluding carboxylic acids is 2. The van der Waals surface area contributed by atoms with E-state index in [1.807, 2.05) is 0 Å². The van der Waals surface area contributed by atoms with Gasteiger partial charge in [-0.3, -0.25) is 9.59 Å². The summed E-state index contributed by atoms with van der Waals surface area (Å²) < 4.78 is 13.7. The molecule has 2 saturated carbocycles. The molecule has 0 heterocycles. The Balaban J connectivity index is 1.80. The average molecular weight is 302 g/mol. The Bertz CT molecular complexity index is 631. The van der Waals surface area contributed by atoms with Crippen LogP contribution in [0.25, 0.3) is 0 Å². The summed E-state index contributed by atoms with van der Waals surface area (Å²) in [5.74, 6) is 0.803. The van der Waals surface area contributed by atoms with Crippen molar-refractivity contribution < 1.29 is 14.0 Å². The third-order valence-electron chi connectivity index (χ3n) is 7.28. The first kappa shape index (κ1) is 14.3. The van der Waals surface area contributed by atoms with Crippen molar-refractivity contribution in [2.75, 3.05) is 0 Å². The zero-order valence-electron chi connectivity index (χ0n) is 13.3. The maximum absolute atomic E-state index is 13.7. The second-order valence-electron chi connectivity index (χ2n) is 8.17. The van der Waals surface area contributed by atoms with Crippen LogP contribution in [0, 0.1) is 28.6 Å². The van der Waals surface area contributed by atoms with E-state index in [-0.39, 0.29) is 40.2 Å². The molecule has 3 heteroatoms. The van der Waals surface area contributed by atoms with Crippen LogP contribution in [0.5, 0.6) is 0 Å². The number of hydrogen-bond acceptors (Lipinski definition) is 2. The van der Waals surface area contributed by atoms with E-state index >= 15 is 0 Å². The zero-order chi connectivity index (χ0) is 15.7. The van der Waals surface area contributed by atoms with E-state index in [4.69, 9.17) is 0 Å². The third-order valence-corrected chi connectivity index (χ3v) is 7.28. The van der Waals surface area contributed by atoms with Gasteiger partial charge in [-0.2, -0.15) is 0 Å². The standard InChI is InChI=1S/C19H23FO2/c1-18-7-5-12(20)9-11(18)10-15(21)17-13-3-4-16(22)19(13,2)8-6-14(17)18/h9-10,13-14,17H,3-8H2,1-2H3/t13-,14-,17-,18-,19-/m0/s1. The van der Waals surface area contributed by atoms with Crippen LogP contribution in [0.1, 0.15) is 52.4 Å². The summed E-state index contributed by atoms with van der Waals surface area (Å²) in [6, 6.07) is 0. The summed E-state index contributed by atoms with van der Waals surface area (Å²) in [7, 11) is 0. The van der Waals surface area contributed by atoms with E-state index in [1.165, 1.54) is 0 Å². The Morgan fingerprint density at radius 1 is 1.00 bits per heavy atom. The van der Waals surface area contributed by atoms with Crippen molar-refractivity contribution in [3.63, 3.8) is 0 Å². The van der Waals surface area contributed by atoms with Crippen LogP contribution in [-0.2, 0) is 9.59 Å². The summed E-state index contributed by atoms with van der Waals surface area (Å²) in [6.45, 7) is 4.27. The highest BCUT2D eigenvalue weighted by atomic mass is 19.1. The summed E-state index contributed by atoms with van der Waals surface area (Å²) >= 11 is 0. The van der Waals surface area contributed by atoms with Gasteiger partial charge in [0.2, 0.25) is 0 Å². The lowest BCUT2D eigenvalue weighted by molar-refractivity contribution is -0.138. The van der Waals surface area contributed by atoms with Crippen molar-refractivity contribution in [3.05, 3.63) is 23.6 Å². The van der Waals surface area contributed by atoms with E-state index < -0.39 is 0 Å². The van der Waals surface area contributed by atoms with Gasteiger partial charge in [-0.05, 0) is 60.7 Å². The van der Waals surface area contributed by atoms with Gasteiger partial charge in [0.25, 0.3) is 0 Å². The van der Waals surface area contributed by atoms with Crippen molar-refractivity contribution in [3.8, 4) is 0 Å². The van der Waals surface area contributed by atoms with Crippen LogP contribution in [-0.4, -0.2) is 11.6 Å². The van der Waals surface area contributed by atoms with Crippen LogP contribution >= 0.6 is 0 Å². The van der Waals surface area contributed by atoms with E-state index in [1.54, 1.807) is 12.2 Å². The molecular formula is C19H23FO2. The number of Topliss-reactive ketones (excluding diaryl/α,β-unsaturated/α-hetero) is 1. The molecule has 0 N–H and O–H groups in total. The monoisotopic (exact) mass is 302 g/mol. The summed E-state index contributed by atoms with van der Waals surface area (Å²) in [5.41, 5.74) is 0.491. The fourth-order valence-electron chi connectivity index (χ4n) is 5.81. The predicted octanol–water partition coefficient (Wildman–Crippen LogP) is 4.16. The van der Waals surface area contributed by atoms with Gasteiger partial charge < -0.3 is 0 Å². The number of allylic oxidation sites excluding steroid dienone is 4. The lowest BCUT2D eigenvalue weighted by atomic mass is 9.48. The molecule has 5 atom stereocenters. The molecule has 2 nitrogen and oxygen atoms in total. The minimum absolute atomic E-state index is 0.0338. The maximum Gasteiger partial charge on any atom is 0.159 e. The molecule has 0 unspecified atom stereocenters. The minimum Gasteiger partial charge on any atom is -0.299 e. The molecular weight excluding hydrogens is 279 g/mol. The van der Waals surface area contributed by atoms with Gasteiger partial charge in [-0.25, -0.2) is 4.39 Å². The summed E-state index contributed by atoms with van der Waals surface area (Å²) in [5, 5.41) is 0. The highest BCUT2D eigenvalue weighted by molar-refractivity contribution is 5.97. The Labute approximate surface area is 130 Å². The third kappa shape index (κ3) is 1.65. The lowest BCUT2D eigenvalue weighted by Gasteiger charge is -2.54. The fourth-order valence-corrected chi connectivity index (χ4v) is 5.81. The maximum atomic E-state index is 13.7. The van der Waals surface area contributed by atoms with E-state index in [0.29, 0.717) is 18.6 Å². The Morgan fingerprint density at radius 2 is 1.73 bits per heavy atom. The first-order valence-electron chi connectivity index (χ1n) is 8.52. The molecule has 0 aliphatic heterocycles. The number of hydrogen-bond donors (Lipinski definition) is 0. The predicted molar refractivity (Wildman–Crippen MR) is 81.7 cm³/mol. The van der Waals surface area contributed by atoms with Gasteiger partial charge in [-0.1, -0.05) is 13.8 Å². The fraction of sp³-hybridized carbons (Fsp3) is 0.684. The van der Waals surface area contributed by atoms with Crippen LogP contribution in [0.2, 0.25) is 0 Å². The number of ketones is 2. The molecule has 4 rings (SSSR count). The van der Waals surface area contributed by atoms with E-state index in [2.05, 4.69) is 13.8 Å². The summed E-state index contributed by atoms with van der Waals surface area (Å²) in [4.78, 5) is 25.1. The first-order chi connectivity index (χ1) is 10.4. The molecule has 4 aliphatic rings. The Kier molecular flexibility index (Phi) is 2.87. The molecule has 0 aromatic rings. The van der Waals surface area contributed by atoms with Crippen LogP contribution in [0.3, 0.4) is 0 Å². The van der Waals surface area contributed by atoms with Gasteiger partial charge in [0, 0.05) is 24.2 Å². The number of carbonyl (C=O) groups is 2. The van der Waals surface area contributed by atoms with Crippen LogP contribution < -0.4 is 0 Å². The largest absolute Gasteiger partial charge is 0.299 e. The molecule has 0 saturated heterocycles. The van der Waals surface area contributed by atoms with E-state index in [9.17, 15) is 14.0 Å². The SMILES string of the molecule is C[C@]12CCC(F)=CC1=CC(=O)[C@@H]1[C@@H]2CC[C@]2(C)C(=O)CC[C@@H]12. The molecule has 0 radical (unpaired) electrons. The smallest absolute Gasteiger partial charge is 0.159 e. The van der Waals surface area contributed by atoms with Crippen LogP contribution in [0.15, 0.2) is 23.6 Å². The average Bonchev–Trinajstić information content (AvgIpc) is 2.77. The van der Waals surface area contributed by atoms with Crippen LogP contribution in [0.4, 0.5) is 4.39 Å². The Hall–Kier alpha value is -1.25. The van der Waals surface area contributed by atoms with Crippen molar-refractivity contribution in [2.45, 2.75) is 52.4 Å². The Morgan fingerprint density at radius 3 is 2.50 bits per heavy atom. The zero-order valence-corrected chi connectivity index (χ0v) is 13.3. The molecule has 0 bridgehead atoms. The second kappa shape index (κ2) is 4.39. The van der Waals surface area contributed by atoms with Gasteiger partial charge in [-0.15, -0.1) is 0 Å². The first-order valence-corrected chi connectivity index (χ1v) is 8.52. The number of halogens is 1. The molecule has 0 aromatic carbocycles. The minimum atomic E-state index is -0.297. The normalized spacial score (nSPS) is 47.3. The van der Waals surface area contributed by atoms with Crippen molar-refractivity contribution in [1.29, 1.82) is 0 Å². The van der Waals surface area contributed by atoms with Gasteiger partial charge in [0.05, 0.1) is 0 Å². The molecule has 4 aliphatic carbocycles. The van der Waals surface area contributed by atoms with Crippen molar-refractivity contribution in [1.82, 2.24) is 0 Å². The molecule has 0 amide bonds. The van der Waals surface area contributed by atoms with Gasteiger partial charge in [0.15, 0.2) is 5.78 Å². The highest BCUT2D eigenvalue weighted by Gasteiger charge is 2.60. The molecule has 118 valence electrons. The number of fused-ring (bicyclic) bond motifs is 5. The highest BCUT2D eigenvalue weighted by Crippen LogP contribution is 2.62. The van der Waals surface area contributed by atoms with Crippen molar-refractivity contribution in [2.24, 2.45) is 28.6 Å². The molecule has 0 spiro atoms. The summed E-state index contributed by atoms with van der Waals surface area (Å²) in [6.07, 6.45) is 7.82. The van der Waals surface area contributed by atoms with Crippen molar-refractivity contribution >= 4 is 11.6 Å². The molecule has 0 aromatic heterocycles. The van der Waals surface area contributed by atoms with Gasteiger partial charge >= 0.3 is 0 Å². The number of rotatable bonds is 0. The van der Waals surface area contributed by atoms with E-state index in [0.717, 1.165) is 31.3 Å².